The van der Waals surface area contributed by atoms with Crippen LogP contribution in [0.15, 0.2) is 24.3 Å². The van der Waals surface area contributed by atoms with Gasteiger partial charge in [0.1, 0.15) is 0 Å². The Balaban J connectivity index is 1.96. The first-order valence-electron chi connectivity index (χ1n) is 6.64. The second kappa shape index (κ2) is 6.33. The highest BCUT2D eigenvalue weighted by Gasteiger charge is 2.30. The van der Waals surface area contributed by atoms with E-state index in [1.807, 2.05) is 0 Å². The number of benzene rings is 1. The van der Waals surface area contributed by atoms with Crippen LogP contribution in [0.4, 0.5) is 13.2 Å². The van der Waals surface area contributed by atoms with Crippen LogP contribution >= 0.6 is 0 Å². The van der Waals surface area contributed by atoms with Gasteiger partial charge in [0.25, 0.3) is 0 Å². The molecule has 0 bridgehead atoms. The van der Waals surface area contributed by atoms with E-state index in [4.69, 9.17) is 0 Å². The van der Waals surface area contributed by atoms with Gasteiger partial charge in [-0.3, -0.25) is 0 Å². The number of nitrogens with one attached hydrogen (secondary N) is 2. The maximum absolute atomic E-state index is 12.4. The molecule has 0 amide bonds. The molecule has 1 aliphatic heterocycles. The Bertz CT molecular complexity index is 564. The van der Waals surface area contributed by atoms with Crippen molar-refractivity contribution in [3.8, 4) is 0 Å². The molecule has 2 rings (SSSR count). The largest absolute Gasteiger partial charge is 0.416 e. The van der Waals surface area contributed by atoms with Crippen molar-refractivity contribution in [3.63, 3.8) is 0 Å². The number of rotatable bonds is 4. The summed E-state index contributed by atoms with van der Waals surface area (Å²) < 4.78 is 63.8. The zero-order valence-corrected chi connectivity index (χ0v) is 12.1. The van der Waals surface area contributed by atoms with E-state index in [2.05, 4.69) is 10.0 Å². The standard InChI is InChI=1S/C13H17F3N2O2S/c14-13(15,16)11-5-3-10(4-6-11)8-18-21(19,20)12-2-1-7-17-9-12/h3-6,12,17-18H,1-2,7-9H2. The first-order chi connectivity index (χ1) is 9.79. The molecule has 0 spiro atoms. The molecular weight excluding hydrogens is 305 g/mol. The van der Waals surface area contributed by atoms with Crippen LogP contribution in [0.3, 0.4) is 0 Å². The lowest BCUT2D eigenvalue weighted by atomic mass is 10.1. The first-order valence-corrected chi connectivity index (χ1v) is 8.19. The van der Waals surface area contributed by atoms with Gasteiger partial charge in [0.15, 0.2) is 0 Å². The fourth-order valence-corrected chi connectivity index (χ4v) is 3.62. The van der Waals surface area contributed by atoms with E-state index in [-0.39, 0.29) is 6.54 Å². The van der Waals surface area contributed by atoms with E-state index in [1.54, 1.807) is 0 Å². The van der Waals surface area contributed by atoms with Gasteiger partial charge in [-0.25, -0.2) is 13.1 Å². The van der Waals surface area contributed by atoms with Gasteiger partial charge in [-0.05, 0) is 37.1 Å². The smallest absolute Gasteiger partial charge is 0.315 e. The molecule has 1 saturated heterocycles. The molecule has 2 N–H and O–H groups in total. The molecule has 1 heterocycles. The molecule has 0 radical (unpaired) electrons. The Kier molecular flexibility index (Phi) is 4.90. The average Bonchev–Trinajstić information content (AvgIpc) is 2.46. The molecule has 118 valence electrons. The molecule has 0 aliphatic carbocycles. The van der Waals surface area contributed by atoms with Crippen molar-refractivity contribution in [2.45, 2.75) is 30.8 Å². The third-order valence-electron chi connectivity index (χ3n) is 3.45. The van der Waals surface area contributed by atoms with Crippen molar-refractivity contribution in [1.82, 2.24) is 10.0 Å². The van der Waals surface area contributed by atoms with Crippen LogP contribution < -0.4 is 10.0 Å². The lowest BCUT2D eigenvalue weighted by molar-refractivity contribution is -0.137. The number of hydrogen-bond donors (Lipinski definition) is 2. The summed E-state index contributed by atoms with van der Waals surface area (Å²) in [5.74, 6) is 0. The quantitative estimate of drug-likeness (QED) is 0.890. The third-order valence-corrected chi connectivity index (χ3v) is 5.28. The Morgan fingerprint density at radius 3 is 2.43 bits per heavy atom. The summed E-state index contributed by atoms with van der Waals surface area (Å²) in [5.41, 5.74) is -0.249. The van der Waals surface area contributed by atoms with Gasteiger partial charge in [0.2, 0.25) is 10.0 Å². The highest BCUT2D eigenvalue weighted by Crippen LogP contribution is 2.29. The number of sulfonamides is 1. The van der Waals surface area contributed by atoms with Crippen molar-refractivity contribution < 1.29 is 21.6 Å². The summed E-state index contributed by atoms with van der Waals surface area (Å²) in [6, 6.07) is 4.46. The van der Waals surface area contributed by atoms with Gasteiger partial charge in [0.05, 0.1) is 10.8 Å². The van der Waals surface area contributed by atoms with Crippen molar-refractivity contribution in [2.24, 2.45) is 0 Å². The lowest BCUT2D eigenvalue weighted by Crippen LogP contribution is -2.44. The van der Waals surface area contributed by atoms with Crippen LogP contribution in [-0.4, -0.2) is 26.8 Å². The summed E-state index contributed by atoms with van der Waals surface area (Å²) in [4.78, 5) is 0. The molecule has 1 aromatic rings. The first kappa shape index (κ1) is 16.3. The van der Waals surface area contributed by atoms with Gasteiger partial charge in [-0.1, -0.05) is 12.1 Å². The third kappa shape index (κ3) is 4.42. The molecule has 1 aromatic carbocycles. The van der Waals surface area contributed by atoms with E-state index < -0.39 is 27.0 Å². The fourth-order valence-electron chi connectivity index (χ4n) is 2.20. The molecule has 0 saturated carbocycles. The molecule has 0 aromatic heterocycles. The zero-order chi connectivity index (χ0) is 15.5. The minimum atomic E-state index is -4.38. The summed E-state index contributed by atoms with van der Waals surface area (Å²) in [6.45, 7) is 1.21. The topological polar surface area (TPSA) is 58.2 Å². The summed E-state index contributed by atoms with van der Waals surface area (Å²) in [6.07, 6.45) is -2.99. The van der Waals surface area contributed by atoms with Gasteiger partial charge in [-0.2, -0.15) is 13.2 Å². The van der Waals surface area contributed by atoms with Gasteiger partial charge in [-0.15, -0.1) is 0 Å². The normalized spacial score (nSPS) is 20.4. The molecule has 1 atom stereocenters. The van der Waals surface area contributed by atoms with Crippen LogP contribution in [-0.2, 0) is 22.7 Å². The second-order valence-electron chi connectivity index (χ2n) is 5.03. The molecular formula is C13H17F3N2O2S. The monoisotopic (exact) mass is 322 g/mol. The van der Waals surface area contributed by atoms with Crippen molar-refractivity contribution >= 4 is 10.0 Å². The fraction of sp³-hybridized carbons (Fsp3) is 0.538. The summed E-state index contributed by atoms with van der Waals surface area (Å²) in [5, 5.41) is 2.53. The average molecular weight is 322 g/mol. The van der Waals surface area contributed by atoms with E-state index >= 15 is 0 Å². The molecule has 21 heavy (non-hydrogen) atoms. The number of halogens is 3. The predicted molar refractivity (Wildman–Crippen MR) is 73.1 cm³/mol. The SMILES string of the molecule is O=S(=O)(NCc1ccc(C(F)(F)F)cc1)C1CCCNC1. The maximum atomic E-state index is 12.4. The number of piperidine rings is 1. The minimum absolute atomic E-state index is 0.00301. The Morgan fingerprint density at radius 2 is 1.90 bits per heavy atom. The van der Waals surface area contributed by atoms with Gasteiger partial charge in [0, 0.05) is 13.1 Å². The Labute approximate surface area is 121 Å². The predicted octanol–water partition coefficient (Wildman–Crippen LogP) is 1.88. The van der Waals surface area contributed by atoms with Crippen molar-refractivity contribution in [3.05, 3.63) is 35.4 Å². The van der Waals surface area contributed by atoms with Gasteiger partial charge >= 0.3 is 6.18 Å². The molecule has 1 unspecified atom stereocenters. The number of hydrogen-bond acceptors (Lipinski definition) is 3. The summed E-state index contributed by atoms with van der Waals surface area (Å²) in [7, 11) is -3.45. The number of alkyl halides is 3. The van der Waals surface area contributed by atoms with Crippen LogP contribution in [0.25, 0.3) is 0 Å². The highest BCUT2D eigenvalue weighted by atomic mass is 32.2. The Hall–Kier alpha value is -1.12. The maximum Gasteiger partial charge on any atom is 0.416 e. The molecule has 1 fully saturated rings. The summed E-state index contributed by atoms with van der Waals surface area (Å²) >= 11 is 0. The second-order valence-corrected chi connectivity index (χ2v) is 7.07. The highest BCUT2D eigenvalue weighted by molar-refractivity contribution is 7.90. The van der Waals surface area contributed by atoms with E-state index in [9.17, 15) is 21.6 Å². The molecule has 1 aliphatic rings. The van der Waals surface area contributed by atoms with Gasteiger partial charge < -0.3 is 5.32 Å². The van der Waals surface area contributed by atoms with Crippen LogP contribution in [0, 0.1) is 0 Å². The van der Waals surface area contributed by atoms with Crippen LogP contribution in [0.2, 0.25) is 0 Å². The molecule has 4 nitrogen and oxygen atoms in total. The van der Waals surface area contributed by atoms with Crippen molar-refractivity contribution in [2.75, 3.05) is 13.1 Å². The van der Waals surface area contributed by atoms with Crippen LogP contribution in [0.1, 0.15) is 24.0 Å². The molecule has 8 heteroatoms. The Morgan fingerprint density at radius 1 is 1.24 bits per heavy atom. The zero-order valence-electron chi connectivity index (χ0n) is 11.3. The van der Waals surface area contributed by atoms with Crippen LogP contribution in [0.5, 0.6) is 0 Å². The van der Waals surface area contributed by atoms with E-state index in [0.717, 1.165) is 25.1 Å². The van der Waals surface area contributed by atoms with E-state index in [0.29, 0.717) is 18.5 Å². The van der Waals surface area contributed by atoms with Crippen molar-refractivity contribution in [1.29, 1.82) is 0 Å². The lowest BCUT2D eigenvalue weighted by Gasteiger charge is -2.23. The minimum Gasteiger partial charge on any atom is -0.315 e. The van der Waals surface area contributed by atoms with E-state index in [1.165, 1.54) is 12.1 Å².